The van der Waals surface area contributed by atoms with E-state index in [-0.39, 0.29) is 12.1 Å². The molecule has 0 aliphatic heterocycles. The molecule has 0 saturated carbocycles. The maximum absolute atomic E-state index is 9.83. The molecular weight excluding hydrogens is 242 g/mol. The molecule has 0 radical (unpaired) electrons. The highest BCUT2D eigenvalue weighted by Gasteiger charge is 2.14. The zero-order chi connectivity index (χ0) is 12.1. The fourth-order valence-corrected chi connectivity index (χ4v) is 2.52. The van der Waals surface area contributed by atoms with Crippen LogP contribution in [0.25, 0.3) is 0 Å². The number of rotatable bonds is 6. The normalized spacial score (nSPS) is 17.1. The molecule has 4 heteroatoms. The van der Waals surface area contributed by atoms with E-state index in [1.165, 1.54) is 4.88 Å². The molecule has 3 atom stereocenters. The Hall–Kier alpha value is -0.0900. The number of aliphatic hydroxyl groups is 1. The zero-order valence-corrected chi connectivity index (χ0v) is 11.6. The van der Waals surface area contributed by atoms with Crippen LogP contribution in [0, 0.1) is 5.92 Å². The molecule has 0 saturated heterocycles. The van der Waals surface area contributed by atoms with E-state index in [0.29, 0.717) is 12.5 Å². The van der Waals surface area contributed by atoms with Gasteiger partial charge in [-0.2, -0.15) is 0 Å². The Morgan fingerprint density at radius 3 is 2.62 bits per heavy atom. The Morgan fingerprint density at radius 1 is 1.44 bits per heavy atom. The summed E-state index contributed by atoms with van der Waals surface area (Å²) in [5, 5.41) is 13.2. The minimum atomic E-state index is -0.275. The first-order valence-corrected chi connectivity index (χ1v) is 6.90. The summed E-state index contributed by atoms with van der Waals surface area (Å²) in [7, 11) is 0. The Kier molecular flexibility index (Phi) is 5.76. The van der Waals surface area contributed by atoms with Gasteiger partial charge in [0.15, 0.2) is 0 Å². The van der Waals surface area contributed by atoms with E-state index in [1.807, 2.05) is 12.1 Å². The standard InChI is InChI=1S/C12H20ClNOS/c1-4-8(2)10(15)7-14-9(3)11-5-6-12(13)16-11/h5-6,8-10,14-15H,4,7H2,1-3H3. The van der Waals surface area contributed by atoms with Crippen molar-refractivity contribution in [1.82, 2.24) is 5.32 Å². The quantitative estimate of drug-likeness (QED) is 0.822. The molecule has 16 heavy (non-hydrogen) atoms. The monoisotopic (exact) mass is 261 g/mol. The Morgan fingerprint density at radius 2 is 2.12 bits per heavy atom. The van der Waals surface area contributed by atoms with Crippen molar-refractivity contribution in [3.8, 4) is 0 Å². The molecule has 1 rings (SSSR count). The zero-order valence-electron chi connectivity index (χ0n) is 10.0. The molecule has 2 N–H and O–H groups in total. The highest BCUT2D eigenvalue weighted by Crippen LogP contribution is 2.26. The van der Waals surface area contributed by atoms with E-state index in [1.54, 1.807) is 11.3 Å². The van der Waals surface area contributed by atoms with E-state index in [2.05, 4.69) is 26.1 Å². The van der Waals surface area contributed by atoms with Gasteiger partial charge in [-0.15, -0.1) is 11.3 Å². The molecule has 0 aliphatic carbocycles. The van der Waals surface area contributed by atoms with Crippen molar-refractivity contribution in [1.29, 1.82) is 0 Å². The van der Waals surface area contributed by atoms with E-state index in [9.17, 15) is 5.11 Å². The van der Waals surface area contributed by atoms with E-state index in [4.69, 9.17) is 11.6 Å². The first-order chi connectivity index (χ1) is 7.54. The second-order valence-electron chi connectivity index (χ2n) is 4.22. The van der Waals surface area contributed by atoms with Gasteiger partial charge in [-0.25, -0.2) is 0 Å². The summed E-state index contributed by atoms with van der Waals surface area (Å²) in [6, 6.07) is 4.18. The molecule has 0 amide bonds. The van der Waals surface area contributed by atoms with Gasteiger partial charge in [-0.1, -0.05) is 31.9 Å². The third kappa shape index (κ3) is 4.06. The van der Waals surface area contributed by atoms with E-state index >= 15 is 0 Å². The van der Waals surface area contributed by atoms with Crippen LogP contribution in [0.15, 0.2) is 12.1 Å². The molecule has 2 nitrogen and oxygen atoms in total. The lowest BCUT2D eigenvalue weighted by Crippen LogP contribution is -2.32. The summed E-state index contributed by atoms with van der Waals surface area (Å²) in [6.45, 7) is 6.88. The summed E-state index contributed by atoms with van der Waals surface area (Å²) in [6.07, 6.45) is 0.727. The van der Waals surface area contributed by atoms with Gasteiger partial charge in [0.1, 0.15) is 0 Å². The van der Waals surface area contributed by atoms with Crippen molar-refractivity contribution < 1.29 is 5.11 Å². The van der Waals surface area contributed by atoms with Crippen molar-refractivity contribution in [2.24, 2.45) is 5.92 Å². The Labute approximate surface area is 107 Å². The molecule has 3 unspecified atom stereocenters. The maximum Gasteiger partial charge on any atom is 0.0931 e. The molecule has 0 aliphatic rings. The van der Waals surface area contributed by atoms with Crippen molar-refractivity contribution in [3.63, 3.8) is 0 Å². The summed E-state index contributed by atoms with van der Waals surface area (Å²) in [5.74, 6) is 0.339. The molecule has 1 heterocycles. The summed E-state index contributed by atoms with van der Waals surface area (Å²) in [5.41, 5.74) is 0. The number of hydrogen-bond acceptors (Lipinski definition) is 3. The minimum absolute atomic E-state index is 0.246. The fraction of sp³-hybridized carbons (Fsp3) is 0.667. The van der Waals surface area contributed by atoms with Gasteiger partial charge < -0.3 is 10.4 Å². The second-order valence-corrected chi connectivity index (χ2v) is 5.97. The number of hydrogen-bond donors (Lipinski definition) is 2. The van der Waals surface area contributed by atoms with Crippen molar-refractivity contribution in [3.05, 3.63) is 21.3 Å². The van der Waals surface area contributed by atoms with Crippen LogP contribution in [-0.2, 0) is 0 Å². The van der Waals surface area contributed by atoms with Gasteiger partial charge in [0, 0.05) is 17.5 Å². The van der Waals surface area contributed by atoms with Gasteiger partial charge in [0.05, 0.1) is 10.4 Å². The fourth-order valence-electron chi connectivity index (χ4n) is 1.43. The second kappa shape index (κ2) is 6.60. The van der Waals surface area contributed by atoms with E-state index in [0.717, 1.165) is 10.8 Å². The molecular formula is C12H20ClNOS. The predicted octanol–water partition coefficient (Wildman–Crippen LogP) is 3.46. The number of halogens is 1. The minimum Gasteiger partial charge on any atom is -0.392 e. The van der Waals surface area contributed by atoms with Crippen LogP contribution in [0.1, 0.15) is 38.1 Å². The molecule has 0 spiro atoms. The predicted molar refractivity (Wildman–Crippen MR) is 71.2 cm³/mol. The third-order valence-corrected chi connectivity index (χ3v) is 4.37. The Balaban J connectivity index is 2.38. The van der Waals surface area contributed by atoms with Crippen LogP contribution >= 0.6 is 22.9 Å². The largest absolute Gasteiger partial charge is 0.392 e. The lowest BCUT2D eigenvalue weighted by atomic mass is 10.0. The lowest BCUT2D eigenvalue weighted by Gasteiger charge is -2.20. The van der Waals surface area contributed by atoms with Crippen LogP contribution in [0.5, 0.6) is 0 Å². The van der Waals surface area contributed by atoms with Crippen molar-refractivity contribution in [2.75, 3.05) is 6.54 Å². The molecule has 92 valence electrons. The van der Waals surface area contributed by atoms with Crippen LogP contribution in [0.3, 0.4) is 0 Å². The first kappa shape index (κ1) is 14.0. The molecule has 0 aromatic carbocycles. The average molecular weight is 262 g/mol. The van der Waals surface area contributed by atoms with E-state index < -0.39 is 0 Å². The SMILES string of the molecule is CCC(C)C(O)CNC(C)c1ccc(Cl)s1. The van der Waals surface area contributed by atoms with Crippen LogP contribution in [0.4, 0.5) is 0 Å². The van der Waals surface area contributed by atoms with Gasteiger partial charge >= 0.3 is 0 Å². The summed E-state index contributed by atoms with van der Waals surface area (Å²) < 4.78 is 0.811. The van der Waals surface area contributed by atoms with Gasteiger partial charge in [-0.05, 0) is 25.0 Å². The topological polar surface area (TPSA) is 32.3 Å². The van der Waals surface area contributed by atoms with Gasteiger partial charge in [0.25, 0.3) is 0 Å². The first-order valence-electron chi connectivity index (χ1n) is 5.71. The number of aliphatic hydroxyl groups excluding tert-OH is 1. The number of nitrogens with one attached hydrogen (secondary N) is 1. The van der Waals surface area contributed by atoms with Crippen molar-refractivity contribution in [2.45, 2.75) is 39.3 Å². The van der Waals surface area contributed by atoms with Gasteiger partial charge in [-0.3, -0.25) is 0 Å². The molecule has 1 aromatic rings. The average Bonchev–Trinajstić information content (AvgIpc) is 2.71. The van der Waals surface area contributed by atoms with Crippen molar-refractivity contribution >= 4 is 22.9 Å². The summed E-state index contributed by atoms with van der Waals surface area (Å²) in [4.78, 5) is 1.21. The molecule has 0 fully saturated rings. The van der Waals surface area contributed by atoms with Crippen LogP contribution in [0.2, 0.25) is 4.34 Å². The highest BCUT2D eigenvalue weighted by atomic mass is 35.5. The highest BCUT2D eigenvalue weighted by molar-refractivity contribution is 7.16. The summed E-state index contributed by atoms with van der Waals surface area (Å²) >= 11 is 7.46. The third-order valence-electron chi connectivity index (χ3n) is 2.95. The Bertz CT molecular complexity index is 316. The molecule has 1 aromatic heterocycles. The smallest absolute Gasteiger partial charge is 0.0931 e. The number of thiophene rings is 1. The molecule has 0 bridgehead atoms. The van der Waals surface area contributed by atoms with Gasteiger partial charge in [0.2, 0.25) is 0 Å². The van der Waals surface area contributed by atoms with Crippen LogP contribution in [-0.4, -0.2) is 17.8 Å². The maximum atomic E-state index is 9.83. The van der Waals surface area contributed by atoms with Crippen LogP contribution < -0.4 is 5.32 Å². The lowest BCUT2D eigenvalue weighted by molar-refractivity contribution is 0.110.